The van der Waals surface area contributed by atoms with E-state index in [4.69, 9.17) is 0 Å². The molecule has 1 aliphatic heterocycles. The standard InChI is InChI=1S/C22H29NO3S2/c1-15-12-20(16(2)23(15)18-10-11-28(25,26)14-18)21(24)13-27-19-8-6-17(7-9-19)22(3,4)5/h6-9,12,18H,10-11,13-14H2,1-5H3/t18-/m1/s1. The van der Waals surface area contributed by atoms with Crippen LogP contribution >= 0.6 is 11.8 Å². The van der Waals surface area contributed by atoms with Gasteiger partial charge in [0.15, 0.2) is 15.6 Å². The van der Waals surface area contributed by atoms with Crippen LogP contribution in [0.1, 0.15) is 60.5 Å². The van der Waals surface area contributed by atoms with Crippen LogP contribution in [0.15, 0.2) is 35.2 Å². The van der Waals surface area contributed by atoms with Gasteiger partial charge in [-0.2, -0.15) is 0 Å². The molecule has 1 aromatic heterocycles. The van der Waals surface area contributed by atoms with Crippen molar-refractivity contribution in [3.05, 3.63) is 52.8 Å². The van der Waals surface area contributed by atoms with Gasteiger partial charge in [0.2, 0.25) is 0 Å². The highest BCUT2D eigenvalue weighted by atomic mass is 32.2. The molecular formula is C22H29NO3S2. The van der Waals surface area contributed by atoms with Crippen LogP contribution in [0, 0.1) is 13.8 Å². The molecule has 152 valence electrons. The summed E-state index contributed by atoms with van der Waals surface area (Å²) in [6.07, 6.45) is 0.626. The molecule has 0 spiro atoms. The summed E-state index contributed by atoms with van der Waals surface area (Å²) in [5.41, 5.74) is 3.94. The third kappa shape index (κ3) is 4.54. The second-order valence-electron chi connectivity index (χ2n) is 8.70. The fraction of sp³-hybridized carbons (Fsp3) is 0.500. The van der Waals surface area contributed by atoms with E-state index < -0.39 is 9.84 Å². The van der Waals surface area contributed by atoms with Gasteiger partial charge in [0.1, 0.15) is 0 Å². The number of benzene rings is 1. The molecule has 3 rings (SSSR count). The smallest absolute Gasteiger partial charge is 0.174 e. The molecule has 1 atom stereocenters. The monoisotopic (exact) mass is 419 g/mol. The number of carbonyl (C=O) groups excluding carboxylic acids is 1. The SMILES string of the molecule is Cc1cc(C(=O)CSc2ccc(C(C)(C)C)cc2)c(C)n1[C@@H]1CCS(=O)(=O)C1. The van der Waals surface area contributed by atoms with Crippen molar-refractivity contribution in [1.29, 1.82) is 0 Å². The van der Waals surface area contributed by atoms with E-state index in [2.05, 4.69) is 45.0 Å². The lowest BCUT2D eigenvalue weighted by Gasteiger charge is -2.19. The molecule has 6 heteroatoms. The highest BCUT2D eigenvalue weighted by Crippen LogP contribution is 2.30. The second kappa shape index (κ2) is 7.71. The molecular weight excluding hydrogens is 390 g/mol. The van der Waals surface area contributed by atoms with Crippen LogP contribution in [-0.4, -0.2) is 36.0 Å². The van der Waals surface area contributed by atoms with E-state index in [-0.39, 0.29) is 28.7 Å². The van der Waals surface area contributed by atoms with Gasteiger partial charge >= 0.3 is 0 Å². The maximum Gasteiger partial charge on any atom is 0.174 e. The summed E-state index contributed by atoms with van der Waals surface area (Å²) in [5.74, 6) is 0.872. The van der Waals surface area contributed by atoms with Crippen LogP contribution in [-0.2, 0) is 15.3 Å². The van der Waals surface area contributed by atoms with E-state index in [1.54, 1.807) is 11.8 Å². The van der Waals surface area contributed by atoms with Crippen molar-refractivity contribution >= 4 is 27.4 Å². The van der Waals surface area contributed by atoms with Crippen molar-refractivity contribution in [3.8, 4) is 0 Å². The molecule has 1 aromatic carbocycles. The van der Waals surface area contributed by atoms with Crippen LogP contribution in [0.25, 0.3) is 0 Å². The molecule has 2 aromatic rings. The lowest BCUT2D eigenvalue weighted by molar-refractivity contribution is 0.102. The first kappa shape index (κ1) is 21.2. The number of aromatic nitrogens is 1. The molecule has 1 aliphatic rings. The van der Waals surface area contributed by atoms with Crippen molar-refractivity contribution in [1.82, 2.24) is 4.57 Å². The van der Waals surface area contributed by atoms with Gasteiger partial charge in [-0.1, -0.05) is 32.9 Å². The number of hydrogen-bond acceptors (Lipinski definition) is 4. The lowest BCUT2D eigenvalue weighted by Crippen LogP contribution is -2.14. The molecule has 2 heterocycles. The van der Waals surface area contributed by atoms with Crippen LogP contribution in [0.3, 0.4) is 0 Å². The van der Waals surface area contributed by atoms with Gasteiger partial charge in [-0.15, -0.1) is 11.8 Å². The average Bonchev–Trinajstić information content (AvgIpc) is 3.10. The minimum Gasteiger partial charge on any atom is -0.344 e. The summed E-state index contributed by atoms with van der Waals surface area (Å²) in [7, 11) is -2.96. The number of hydrogen-bond donors (Lipinski definition) is 0. The van der Waals surface area contributed by atoms with Crippen LogP contribution in [0.4, 0.5) is 0 Å². The number of carbonyl (C=O) groups is 1. The Kier molecular flexibility index (Phi) is 5.84. The number of rotatable bonds is 5. The zero-order chi connectivity index (χ0) is 20.7. The first-order valence-electron chi connectivity index (χ1n) is 9.63. The molecule has 0 unspecified atom stereocenters. The molecule has 1 fully saturated rings. The molecule has 4 nitrogen and oxygen atoms in total. The Hall–Kier alpha value is -1.53. The van der Waals surface area contributed by atoms with Gasteiger partial charge in [-0.3, -0.25) is 4.79 Å². The Balaban J connectivity index is 1.71. The summed E-state index contributed by atoms with van der Waals surface area (Å²) < 4.78 is 25.7. The van der Waals surface area contributed by atoms with Crippen molar-refractivity contribution in [2.24, 2.45) is 0 Å². The Morgan fingerprint density at radius 3 is 2.36 bits per heavy atom. The largest absolute Gasteiger partial charge is 0.344 e. The van der Waals surface area contributed by atoms with E-state index in [1.807, 2.05) is 24.5 Å². The minimum atomic E-state index is -2.96. The highest BCUT2D eigenvalue weighted by Gasteiger charge is 2.31. The number of nitrogens with zero attached hydrogens (tertiary/aromatic N) is 1. The topological polar surface area (TPSA) is 56.1 Å². The van der Waals surface area contributed by atoms with Crippen molar-refractivity contribution in [2.45, 2.75) is 57.4 Å². The summed E-state index contributed by atoms with van der Waals surface area (Å²) in [4.78, 5) is 13.9. The predicted octanol–water partition coefficient (Wildman–Crippen LogP) is 4.74. The van der Waals surface area contributed by atoms with Gasteiger partial charge in [-0.25, -0.2) is 8.42 Å². The summed E-state index contributed by atoms with van der Waals surface area (Å²) in [6.45, 7) is 10.4. The number of ketones is 1. The van der Waals surface area contributed by atoms with Gasteiger partial charge in [0.05, 0.1) is 17.3 Å². The van der Waals surface area contributed by atoms with Gasteiger partial charge < -0.3 is 4.57 Å². The van der Waals surface area contributed by atoms with E-state index in [9.17, 15) is 13.2 Å². The maximum absolute atomic E-state index is 12.8. The molecule has 0 aliphatic carbocycles. The molecule has 28 heavy (non-hydrogen) atoms. The van der Waals surface area contributed by atoms with E-state index in [0.717, 1.165) is 16.3 Å². The second-order valence-corrected chi connectivity index (χ2v) is 12.0. The average molecular weight is 420 g/mol. The van der Waals surface area contributed by atoms with Crippen molar-refractivity contribution < 1.29 is 13.2 Å². The Morgan fingerprint density at radius 1 is 1.18 bits per heavy atom. The summed E-state index contributed by atoms with van der Waals surface area (Å²) in [5, 5.41) is 0. The molecule has 0 amide bonds. The van der Waals surface area contributed by atoms with Crippen molar-refractivity contribution in [2.75, 3.05) is 17.3 Å². The number of Topliss-reactive ketones (excluding diaryl/α,β-unsaturated/α-hetero) is 1. The summed E-state index contributed by atoms with van der Waals surface area (Å²) in [6, 6.07) is 10.3. The van der Waals surface area contributed by atoms with Crippen LogP contribution in [0.2, 0.25) is 0 Å². The molecule has 1 saturated heterocycles. The van der Waals surface area contributed by atoms with Gasteiger partial charge in [-0.05, 0) is 49.4 Å². The zero-order valence-electron chi connectivity index (χ0n) is 17.3. The van der Waals surface area contributed by atoms with Crippen LogP contribution < -0.4 is 0 Å². The Morgan fingerprint density at radius 2 is 1.82 bits per heavy atom. The minimum absolute atomic E-state index is 0.0517. The number of sulfone groups is 1. The quantitative estimate of drug-likeness (QED) is 0.519. The molecule has 0 radical (unpaired) electrons. The predicted molar refractivity (Wildman–Crippen MR) is 116 cm³/mol. The fourth-order valence-corrected chi connectivity index (χ4v) is 6.36. The lowest BCUT2D eigenvalue weighted by atomic mass is 9.87. The Bertz CT molecular complexity index is 980. The Labute approximate surface area is 172 Å². The third-order valence-electron chi connectivity index (χ3n) is 5.45. The van der Waals surface area contributed by atoms with Crippen LogP contribution in [0.5, 0.6) is 0 Å². The molecule has 0 bridgehead atoms. The van der Waals surface area contributed by atoms with Gasteiger partial charge in [0, 0.05) is 27.9 Å². The zero-order valence-corrected chi connectivity index (χ0v) is 18.9. The normalized spacial score (nSPS) is 19.1. The maximum atomic E-state index is 12.8. The third-order valence-corrected chi connectivity index (χ3v) is 8.21. The number of thioether (sulfide) groups is 1. The fourth-order valence-electron chi connectivity index (χ4n) is 3.88. The van der Waals surface area contributed by atoms with E-state index in [0.29, 0.717) is 17.7 Å². The highest BCUT2D eigenvalue weighted by molar-refractivity contribution is 8.00. The molecule has 0 saturated carbocycles. The van der Waals surface area contributed by atoms with E-state index >= 15 is 0 Å². The molecule has 0 N–H and O–H groups in total. The van der Waals surface area contributed by atoms with E-state index in [1.165, 1.54) is 5.56 Å². The van der Waals surface area contributed by atoms with Gasteiger partial charge in [0.25, 0.3) is 0 Å². The first-order chi connectivity index (χ1) is 13.0. The summed E-state index contributed by atoms with van der Waals surface area (Å²) >= 11 is 1.54. The van der Waals surface area contributed by atoms with Crippen molar-refractivity contribution in [3.63, 3.8) is 0 Å². The first-order valence-corrected chi connectivity index (χ1v) is 12.4. The number of aryl methyl sites for hydroxylation is 1.